The Morgan fingerprint density at radius 1 is 1.08 bits per heavy atom. The van der Waals surface area contributed by atoms with E-state index in [1.165, 1.54) is 0 Å². The van der Waals surface area contributed by atoms with Gasteiger partial charge in [-0.1, -0.05) is 18.2 Å². The fraction of sp³-hybridized carbons (Fsp3) is 0.0588. The first-order valence-corrected chi connectivity index (χ1v) is 8.27. The number of amides is 1. The molecule has 0 atom stereocenters. The van der Waals surface area contributed by atoms with Crippen molar-refractivity contribution < 1.29 is 19.2 Å². The lowest BCUT2D eigenvalue weighted by Gasteiger charge is -2.08. The Morgan fingerprint density at radius 2 is 1.73 bits per heavy atom. The van der Waals surface area contributed by atoms with Crippen LogP contribution >= 0.6 is 11.3 Å². The van der Waals surface area contributed by atoms with Gasteiger partial charge in [0.25, 0.3) is 5.91 Å². The number of thiazole rings is 1. The van der Waals surface area contributed by atoms with Crippen LogP contribution in [-0.2, 0) is 4.79 Å². The molecule has 1 aromatic heterocycles. The summed E-state index contributed by atoms with van der Waals surface area (Å²) in [5.41, 5.74) is 0. The Labute approximate surface area is 152 Å². The molecule has 3 rings (SSSR count). The summed E-state index contributed by atoms with van der Waals surface area (Å²) >= 11 is 0.780. The third kappa shape index (κ3) is 4.77. The van der Waals surface area contributed by atoms with Crippen LogP contribution in [0.15, 0.2) is 60.8 Å². The Balaban J connectivity index is 1.49. The van der Waals surface area contributed by atoms with Crippen molar-refractivity contribution >= 4 is 27.4 Å². The van der Waals surface area contributed by atoms with Crippen LogP contribution in [0.1, 0.15) is 0 Å². The van der Waals surface area contributed by atoms with E-state index in [2.05, 4.69) is 10.3 Å². The molecule has 0 aliphatic carbocycles. The summed E-state index contributed by atoms with van der Waals surface area (Å²) in [7, 11) is 0. The standard InChI is InChI=1S/C17H13N3O5S/c21-15(19-17-18-10-16(26-17)20(22)23)11-24-12-6-8-14(9-7-12)25-13-4-2-1-3-5-13/h1-10H,11H2,(H,18,19,21). The number of benzene rings is 2. The fourth-order valence-electron chi connectivity index (χ4n) is 1.94. The van der Waals surface area contributed by atoms with Crippen LogP contribution in [0, 0.1) is 10.1 Å². The SMILES string of the molecule is O=C(COc1ccc(Oc2ccccc2)cc1)Nc1ncc([N+](=O)[O-])s1. The lowest BCUT2D eigenvalue weighted by Crippen LogP contribution is -2.19. The number of nitrogens with zero attached hydrogens (tertiary/aromatic N) is 2. The fourth-order valence-corrected chi connectivity index (χ4v) is 2.59. The molecule has 3 aromatic rings. The average molecular weight is 371 g/mol. The largest absolute Gasteiger partial charge is 0.484 e. The quantitative estimate of drug-likeness (QED) is 0.499. The molecule has 8 nitrogen and oxygen atoms in total. The predicted octanol–water partition coefficient (Wildman–Crippen LogP) is 3.86. The molecule has 0 saturated carbocycles. The highest BCUT2D eigenvalue weighted by Gasteiger charge is 2.13. The van der Waals surface area contributed by atoms with Gasteiger partial charge in [0, 0.05) is 0 Å². The zero-order chi connectivity index (χ0) is 18.4. The van der Waals surface area contributed by atoms with Gasteiger partial charge in [0.05, 0.1) is 4.92 Å². The second-order valence-electron chi connectivity index (χ2n) is 4.98. The molecule has 132 valence electrons. The minimum absolute atomic E-state index is 0.143. The molecule has 2 aromatic carbocycles. The number of nitro groups is 1. The summed E-state index contributed by atoms with van der Waals surface area (Å²) in [5.74, 6) is 1.39. The van der Waals surface area contributed by atoms with E-state index < -0.39 is 10.8 Å². The maximum atomic E-state index is 11.8. The highest BCUT2D eigenvalue weighted by atomic mass is 32.1. The van der Waals surface area contributed by atoms with Crippen LogP contribution in [0.3, 0.4) is 0 Å². The van der Waals surface area contributed by atoms with Gasteiger partial charge >= 0.3 is 5.00 Å². The van der Waals surface area contributed by atoms with E-state index in [4.69, 9.17) is 9.47 Å². The molecule has 0 fully saturated rings. The smallest absolute Gasteiger partial charge is 0.345 e. The second kappa shape index (κ2) is 8.08. The predicted molar refractivity (Wildman–Crippen MR) is 95.9 cm³/mol. The maximum Gasteiger partial charge on any atom is 0.345 e. The highest BCUT2D eigenvalue weighted by Crippen LogP contribution is 2.25. The van der Waals surface area contributed by atoms with Crippen molar-refractivity contribution in [1.82, 2.24) is 4.98 Å². The van der Waals surface area contributed by atoms with Crippen LogP contribution in [0.5, 0.6) is 17.2 Å². The van der Waals surface area contributed by atoms with Crippen LogP contribution in [-0.4, -0.2) is 22.4 Å². The normalized spacial score (nSPS) is 10.2. The second-order valence-corrected chi connectivity index (χ2v) is 5.99. The van der Waals surface area contributed by atoms with Gasteiger partial charge in [0.15, 0.2) is 11.7 Å². The first-order valence-electron chi connectivity index (χ1n) is 7.46. The van der Waals surface area contributed by atoms with E-state index >= 15 is 0 Å². The van der Waals surface area contributed by atoms with Crippen molar-refractivity contribution in [3.63, 3.8) is 0 Å². The Morgan fingerprint density at radius 3 is 2.38 bits per heavy atom. The van der Waals surface area contributed by atoms with Crippen LogP contribution in [0.2, 0.25) is 0 Å². The van der Waals surface area contributed by atoms with Crippen LogP contribution in [0.4, 0.5) is 10.1 Å². The molecule has 0 aliphatic heterocycles. The van der Waals surface area contributed by atoms with E-state index in [0.29, 0.717) is 11.5 Å². The van der Waals surface area contributed by atoms with Gasteiger partial charge in [0.2, 0.25) is 0 Å². The van der Waals surface area contributed by atoms with Crippen LogP contribution in [0.25, 0.3) is 0 Å². The van der Waals surface area contributed by atoms with E-state index in [1.807, 2.05) is 30.3 Å². The summed E-state index contributed by atoms with van der Waals surface area (Å²) < 4.78 is 11.0. The van der Waals surface area contributed by atoms with E-state index in [0.717, 1.165) is 23.3 Å². The Bertz CT molecular complexity index is 896. The summed E-state index contributed by atoms with van der Waals surface area (Å²) in [5, 5.41) is 13.0. The number of anilines is 1. The van der Waals surface area contributed by atoms with Crippen molar-refractivity contribution in [2.24, 2.45) is 0 Å². The number of para-hydroxylation sites is 1. The van der Waals surface area contributed by atoms with Gasteiger partial charge in [-0.25, -0.2) is 4.98 Å². The molecule has 26 heavy (non-hydrogen) atoms. The number of nitrogens with one attached hydrogen (secondary N) is 1. The Hall–Kier alpha value is -3.46. The molecule has 1 amide bonds. The minimum atomic E-state index is -0.567. The van der Waals surface area contributed by atoms with Crippen molar-refractivity contribution in [1.29, 1.82) is 0 Å². The number of aromatic nitrogens is 1. The number of hydrogen-bond donors (Lipinski definition) is 1. The van der Waals surface area contributed by atoms with Gasteiger partial charge < -0.3 is 9.47 Å². The van der Waals surface area contributed by atoms with E-state index in [1.54, 1.807) is 24.3 Å². The number of carbonyl (C=O) groups is 1. The lowest BCUT2D eigenvalue weighted by molar-refractivity contribution is -0.380. The van der Waals surface area contributed by atoms with Crippen molar-refractivity contribution in [2.45, 2.75) is 0 Å². The van der Waals surface area contributed by atoms with Crippen molar-refractivity contribution in [3.8, 4) is 17.2 Å². The number of hydrogen-bond acceptors (Lipinski definition) is 7. The molecule has 9 heteroatoms. The summed E-state index contributed by atoms with van der Waals surface area (Å²) in [6.07, 6.45) is 1.09. The lowest BCUT2D eigenvalue weighted by atomic mass is 10.3. The molecular weight excluding hydrogens is 358 g/mol. The molecule has 0 bridgehead atoms. The third-order valence-corrected chi connectivity index (χ3v) is 3.96. The van der Waals surface area contributed by atoms with Gasteiger partial charge in [-0.3, -0.25) is 20.2 Å². The molecule has 0 spiro atoms. The zero-order valence-electron chi connectivity index (χ0n) is 13.3. The average Bonchev–Trinajstić information content (AvgIpc) is 3.11. The minimum Gasteiger partial charge on any atom is -0.484 e. The first kappa shape index (κ1) is 17.4. The zero-order valence-corrected chi connectivity index (χ0v) is 14.1. The van der Waals surface area contributed by atoms with Gasteiger partial charge in [-0.15, -0.1) is 0 Å². The summed E-state index contributed by atoms with van der Waals surface area (Å²) in [6.45, 7) is -0.244. The van der Waals surface area contributed by atoms with Gasteiger partial charge in [-0.05, 0) is 47.7 Å². The summed E-state index contributed by atoms with van der Waals surface area (Å²) in [6, 6.07) is 16.2. The van der Waals surface area contributed by atoms with Crippen molar-refractivity contribution in [2.75, 3.05) is 11.9 Å². The van der Waals surface area contributed by atoms with Gasteiger partial charge in [-0.2, -0.15) is 0 Å². The molecule has 0 aliphatic rings. The monoisotopic (exact) mass is 371 g/mol. The highest BCUT2D eigenvalue weighted by molar-refractivity contribution is 7.18. The molecule has 0 radical (unpaired) electrons. The number of carbonyl (C=O) groups excluding carboxylic acids is 1. The number of rotatable bonds is 7. The molecule has 0 unspecified atom stereocenters. The van der Waals surface area contributed by atoms with Gasteiger partial charge in [0.1, 0.15) is 23.4 Å². The Kier molecular flexibility index (Phi) is 5.40. The van der Waals surface area contributed by atoms with Crippen LogP contribution < -0.4 is 14.8 Å². The maximum absolute atomic E-state index is 11.8. The molecule has 1 N–H and O–H groups in total. The molecule has 1 heterocycles. The topological polar surface area (TPSA) is 104 Å². The number of ether oxygens (including phenoxy) is 2. The molecule has 0 saturated heterocycles. The third-order valence-electron chi connectivity index (χ3n) is 3.09. The first-order chi connectivity index (χ1) is 12.6. The summed E-state index contributed by atoms with van der Waals surface area (Å²) in [4.78, 5) is 25.6. The molecular formula is C17H13N3O5S. The van der Waals surface area contributed by atoms with E-state index in [9.17, 15) is 14.9 Å². The van der Waals surface area contributed by atoms with Crippen molar-refractivity contribution in [3.05, 3.63) is 70.9 Å². The van der Waals surface area contributed by atoms with E-state index in [-0.39, 0.29) is 16.7 Å².